The zero-order chi connectivity index (χ0) is 22.5. The van der Waals surface area contributed by atoms with Crippen molar-refractivity contribution in [2.24, 2.45) is 23.7 Å². The van der Waals surface area contributed by atoms with E-state index in [0.717, 1.165) is 39.2 Å². The van der Waals surface area contributed by atoms with E-state index in [9.17, 15) is 4.79 Å². The van der Waals surface area contributed by atoms with E-state index < -0.39 is 5.97 Å². The average molecular weight is 470 g/mol. The minimum atomic E-state index is -0.686. The Balaban J connectivity index is 1.14. The van der Waals surface area contributed by atoms with Gasteiger partial charge in [0.1, 0.15) is 0 Å². The maximum absolute atomic E-state index is 11.0. The number of likely N-dealkylation sites (tertiary alicyclic amines) is 1. The number of carbonyl (C=O) groups is 1. The molecule has 0 amide bonds. The summed E-state index contributed by atoms with van der Waals surface area (Å²) in [5.41, 5.74) is 0. The lowest BCUT2D eigenvalue weighted by molar-refractivity contribution is -0.138. The molecule has 184 valence electrons. The Morgan fingerprint density at radius 2 is 1.97 bits per heavy atom. The predicted octanol–water partition coefficient (Wildman–Crippen LogP) is 3.68. The van der Waals surface area contributed by atoms with Crippen LogP contribution in [0.1, 0.15) is 71.1 Å². The lowest BCUT2D eigenvalue weighted by atomic mass is 9.81. The van der Waals surface area contributed by atoms with Crippen LogP contribution in [0.25, 0.3) is 0 Å². The summed E-state index contributed by atoms with van der Waals surface area (Å²) >= 11 is 6.34. The van der Waals surface area contributed by atoms with Gasteiger partial charge in [0.2, 0.25) is 0 Å². The number of carboxylic acid groups (broad SMARTS) is 1. The molecule has 0 aromatic heterocycles. The lowest BCUT2D eigenvalue weighted by Gasteiger charge is -2.48. The number of piperidine rings is 1. The molecular weight excluding hydrogens is 426 g/mol. The molecule has 32 heavy (non-hydrogen) atoms. The van der Waals surface area contributed by atoms with Crippen molar-refractivity contribution in [3.8, 4) is 0 Å². The van der Waals surface area contributed by atoms with Gasteiger partial charge in [-0.25, -0.2) is 0 Å². The predicted molar refractivity (Wildman–Crippen MR) is 128 cm³/mol. The van der Waals surface area contributed by atoms with Crippen molar-refractivity contribution in [1.29, 1.82) is 0 Å². The molecule has 2 saturated heterocycles. The number of alkyl halides is 1. The van der Waals surface area contributed by atoms with Gasteiger partial charge >= 0.3 is 5.97 Å². The highest BCUT2D eigenvalue weighted by Gasteiger charge is 2.38. The normalized spacial score (nSPS) is 39.9. The van der Waals surface area contributed by atoms with E-state index in [2.05, 4.69) is 22.5 Å². The van der Waals surface area contributed by atoms with Gasteiger partial charge in [0.25, 0.3) is 0 Å². The van der Waals surface area contributed by atoms with Gasteiger partial charge in [0.15, 0.2) is 0 Å². The number of nitrogens with one attached hydrogen (secondary N) is 2. The maximum Gasteiger partial charge on any atom is 0.303 e. The fourth-order valence-electron chi connectivity index (χ4n) is 6.61. The molecule has 2 heterocycles. The second kappa shape index (κ2) is 11.8. The van der Waals surface area contributed by atoms with Crippen molar-refractivity contribution >= 4 is 17.6 Å². The van der Waals surface area contributed by atoms with Gasteiger partial charge < -0.3 is 20.1 Å². The summed E-state index contributed by atoms with van der Waals surface area (Å²) in [5.74, 6) is 1.52. The molecule has 0 aromatic rings. The lowest BCUT2D eigenvalue weighted by Crippen LogP contribution is -2.65. The summed E-state index contributed by atoms with van der Waals surface area (Å²) in [6, 6.07) is 0.594. The number of carboxylic acids is 1. The summed E-state index contributed by atoms with van der Waals surface area (Å²) in [6.45, 7) is 7.09. The SMILES string of the molecule is CC(CC(=O)O)CN1CCC2NC(C3CCC(OCC4CCCC(Cl)C4)CC3)NCC2C1. The first-order chi connectivity index (χ1) is 15.5. The number of aliphatic carboxylic acids is 1. The Hall–Kier alpha value is -0.400. The first-order valence-electron chi connectivity index (χ1n) is 13.2. The fraction of sp³-hybridized carbons (Fsp3) is 0.960. The van der Waals surface area contributed by atoms with Gasteiger partial charge in [-0.1, -0.05) is 13.3 Å². The first-order valence-corrected chi connectivity index (χ1v) is 13.6. The van der Waals surface area contributed by atoms with Gasteiger partial charge in [-0.2, -0.15) is 0 Å². The number of ether oxygens (including phenoxy) is 1. The smallest absolute Gasteiger partial charge is 0.303 e. The van der Waals surface area contributed by atoms with Crippen LogP contribution in [0.15, 0.2) is 0 Å². The molecule has 0 aromatic carbocycles. The number of halogens is 1. The van der Waals surface area contributed by atoms with Crippen molar-refractivity contribution in [3.05, 3.63) is 0 Å². The van der Waals surface area contributed by atoms with E-state index in [4.69, 9.17) is 21.4 Å². The minimum Gasteiger partial charge on any atom is -0.481 e. The summed E-state index contributed by atoms with van der Waals surface area (Å²) in [5, 5.41) is 17.1. The van der Waals surface area contributed by atoms with Crippen LogP contribution >= 0.6 is 11.6 Å². The van der Waals surface area contributed by atoms with Crippen LogP contribution in [0.4, 0.5) is 0 Å². The van der Waals surface area contributed by atoms with Crippen LogP contribution in [-0.4, -0.2) is 72.5 Å². The highest BCUT2D eigenvalue weighted by molar-refractivity contribution is 6.20. The van der Waals surface area contributed by atoms with Crippen LogP contribution in [0, 0.1) is 23.7 Å². The van der Waals surface area contributed by atoms with Gasteiger partial charge in [-0.15, -0.1) is 11.6 Å². The number of hydrogen-bond donors (Lipinski definition) is 3. The number of rotatable bonds is 8. The second-order valence-electron chi connectivity index (χ2n) is 11.2. The van der Waals surface area contributed by atoms with Crippen molar-refractivity contribution in [2.45, 2.75) is 94.8 Å². The van der Waals surface area contributed by atoms with Crippen molar-refractivity contribution in [2.75, 3.05) is 32.8 Å². The molecule has 6 unspecified atom stereocenters. The molecule has 2 aliphatic carbocycles. The quantitative estimate of drug-likeness (QED) is 0.471. The molecule has 7 heteroatoms. The van der Waals surface area contributed by atoms with E-state index in [0.29, 0.717) is 41.4 Å². The van der Waals surface area contributed by atoms with Crippen LogP contribution in [-0.2, 0) is 9.53 Å². The second-order valence-corrected chi connectivity index (χ2v) is 11.8. The fourth-order valence-corrected chi connectivity index (χ4v) is 7.02. The van der Waals surface area contributed by atoms with Crippen LogP contribution in [0.3, 0.4) is 0 Å². The molecule has 3 N–H and O–H groups in total. The molecule has 6 nitrogen and oxygen atoms in total. The topological polar surface area (TPSA) is 73.8 Å². The van der Waals surface area contributed by atoms with Crippen LogP contribution < -0.4 is 10.6 Å². The maximum atomic E-state index is 11.0. The molecule has 4 aliphatic rings. The van der Waals surface area contributed by atoms with E-state index in [1.807, 2.05) is 0 Å². The number of hydrogen-bond acceptors (Lipinski definition) is 5. The third-order valence-corrected chi connectivity index (χ3v) is 8.78. The zero-order valence-corrected chi connectivity index (χ0v) is 20.6. The average Bonchev–Trinajstić information content (AvgIpc) is 2.77. The van der Waals surface area contributed by atoms with Gasteiger partial charge in [0.05, 0.1) is 12.3 Å². The molecule has 4 rings (SSSR count). The molecule has 2 aliphatic heterocycles. The summed E-state index contributed by atoms with van der Waals surface area (Å²) in [7, 11) is 0. The third kappa shape index (κ3) is 7.05. The molecule has 6 atom stereocenters. The minimum absolute atomic E-state index is 0.216. The third-order valence-electron chi connectivity index (χ3n) is 8.38. The van der Waals surface area contributed by atoms with E-state index >= 15 is 0 Å². The van der Waals surface area contributed by atoms with Crippen LogP contribution in [0.2, 0.25) is 0 Å². The number of fused-ring (bicyclic) bond motifs is 1. The molecule has 0 spiro atoms. The molecule has 0 radical (unpaired) electrons. The standard InChI is InChI=1S/C25H44ClN3O3/c1-17(11-24(30)31)14-29-10-9-23-20(15-29)13-27-25(28-23)19-5-7-22(8-6-19)32-16-18-3-2-4-21(26)12-18/h17-23,25,27-28H,2-16H2,1H3,(H,30,31). The van der Waals surface area contributed by atoms with Gasteiger partial charge in [-0.3, -0.25) is 10.1 Å². The first kappa shape index (κ1) is 24.7. The van der Waals surface area contributed by atoms with E-state index in [-0.39, 0.29) is 12.3 Å². The molecule has 0 bridgehead atoms. The summed E-state index contributed by atoms with van der Waals surface area (Å²) in [4.78, 5) is 13.4. The Kier molecular flexibility index (Phi) is 9.14. The van der Waals surface area contributed by atoms with Crippen molar-refractivity contribution < 1.29 is 14.6 Å². The van der Waals surface area contributed by atoms with Gasteiger partial charge in [0, 0.05) is 44.1 Å². The van der Waals surface area contributed by atoms with Crippen LogP contribution in [0.5, 0.6) is 0 Å². The van der Waals surface area contributed by atoms with E-state index in [1.165, 1.54) is 51.4 Å². The number of nitrogens with zero attached hydrogens (tertiary/aromatic N) is 1. The highest BCUT2D eigenvalue weighted by atomic mass is 35.5. The van der Waals surface area contributed by atoms with Gasteiger partial charge in [-0.05, 0) is 81.6 Å². The summed E-state index contributed by atoms with van der Waals surface area (Å²) in [6.07, 6.45) is 12.0. The molecular formula is C25H44ClN3O3. The monoisotopic (exact) mass is 469 g/mol. The Morgan fingerprint density at radius 3 is 2.72 bits per heavy atom. The summed E-state index contributed by atoms with van der Waals surface area (Å²) < 4.78 is 6.32. The Morgan fingerprint density at radius 1 is 1.16 bits per heavy atom. The Bertz CT molecular complexity index is 601. The molecule has 2 saturated carbocycles. The van der Waals surface area contributed by atoms with Crippen molar-refractivity contribution in [3.63, 3.8) is 0 Å². The Labute approximate surface area is 199 Å². The van der Waals surface area contributed by atoms with Crippen molar-refractivity contribution in [1.82, 2.24) is 15.5 Å². The van der Waals surface area contributed by atoms with E-state index in [1.54, 1.807) is 0 Å². The molecule has 4 fully saturated rings. The highest BCUT2D eigenvalue weighted by Crippen LogP contribution is 2.33. The zero-order valence-electron chi connectivity index (χ0n) is 19.8. The largest absolute Gasteiger partial charge is 0.481 e.